The quantitative estimate of drug-likeness (QED) is 0.110. The fraction of sp³-hybridized carbons (Fsp3) is 0.357. The lowest BCUT2D eigenvalue weighted by atomic mass is 10.1. The van der Waals surface area contributed by atoms with E-state index in [1.54, 1.807) is 13.2 Å². The maximum atomic E-state index is 12.2. The molecule has 1 heterocycles. The number of carbonyl (C=O) groups excluding carboxylic acids is 1. The van der Waals surface area contributed by atoms with E-state index in [4.69, 9.17) is 19.9 Å². The largest absolute Gasteiger partial charge is 0.497 e. The molecule has 0 spiro atoms. The zero-order valence-corrected chi connectivity index (χ0v) is 22.8. The summed E-state index contributed by atoms with van der Waals surface area (Å²) in [5.41, 5.74) is 8.03. The number of nitrogens with one attached hydrogen (secondary N) is 4. The molecule has 3 aromatic rings. The fourth-order valence-corrected chi connectivity index (χ4v) is 3.47. The Bertz CT molecular complexity index is 1190. The normalized spacial score (nSPS) is 10.6. The number of nitrogens with zero attached hydrogens (tertiary/aromatic N) is 3. The van der Waals surface area contributed by atoms with Crippen molar-refractivity contribution in [2.45, 2.75) is 13.0 Å². The van der Waals surface area contributed by atoms with Gasteiger partial charge in [-0.15, -0.1) is 6.58 Å². The van der Waals surface area contributed by atoms with Gasteiger partial charge in [0.2, 0.25) is 23.8 Å². The summed E-state index contributed by atoms with van der Waals surface area (Å²) in [6.45, 7) is 7.56. The van der Waals surface area contributed by atoms with Gasteiger partial charge in [-0.25, -0.2) is 0 Å². The molecule has 1 aromatic heterocycles. The Kier molecular flexibility index (Phi) is 13.1. The molecule has 1 amide bonds. The van der Waals surface area contributed by atoms with Gasteiger partial charge in [-0.2, -0.15) is 15.0 Å². The van der Waals surface area contributed by atoms with E-state index in [-0.39, 0.29) is 12.3 Å². The molecule has 0 fully saturated rings. The Hall–Kier alpha value is -4.26. The van der Waals surface area contributed by atoms with Crippen LogP contribution in [0.1, 0.15) is 11.1 Å². The number of ether oxygens (including phenoxy) is 3. The Morgan fingerprint density at radius 2 is 1.65 bits per heavy atom. The molecule has 2 aromatic carbocycles. The number of methoxy groups -OCH3 is 1. The number of rotatable bonds is 19. The zero-order valence-electron chi connectivity index (χ0n) is 22.8. The number of benzene rings is 2. The summed E-state index contributed by atoms with van der Waals surface area (Å²) < 4.78 is 15.9. The second-order valence-corrected chi connectivity index (χ2v) is 8.54. The smallest absolute Gasteiger partial charge is 0.233 e. The summed E-state index contributed by atoms with van der Waals surface area (Å²) in [7, 11) is 1.64. The Balaban J connectivity index is 1.52. The van der Waals surface area contributed by atoms with E-state index in [1.165, 1.54) is 0 Å². The van der Waals surface area contributed by atoms with Crippen molar-refractivity contribution < 1.29 is 19.0 Å². The number of nitrogens with two attached hydrogens (primary N) is 1. The Morgan fingerprint density at radius 1 is 0.925 bits per heavy atom. The number of hydrogen-bond donors (Lipinski definition) is 5. The molecule has 0 aliphatic heterocycles. The van der Waals surface area contributed by atoms with Crippen LogP contribution in [-0.4, -0.2) is 74.0 Å². The standard InChI is InChI=1S/C28H38N8O4/c1-3-12-31-26-34-27(32-20-22-5-4-6-24(18-22)38-2)36-28(35-26)33-23-9-7-21(8-10-23)19-25(37)30-13-15-40-17-16-39-14-11-29/h3-10,18H,1,11-17,19-20,29H2,2H3,(H,30,37)(H3,31,32,33,34,35,36). The Morgan fingerprint density at radius 3 is 2.38 bits per heavy atom. The first-order chi connectivity index (χ1) is 19.6. The van der Waals surface area contributed by atoms with Gasteiger partial charge in [0.15, 0.2) is 0 Å². The third-order valence-electron chi connectivity index (χ3n) is 5.40. The van der Waals surface area contributed by atoms with Crippen LogP contribution in [0.3, 0.4) is 0 Å². The molecule has 3 rings (SSSR count). The summed E-state index contributed by atoms with van der Waals surface area (Å²) >= 11 is 0. The van der Waals surface area contributed by atoms with Crippen LogP contribution < -0.4 is 31.7 Å². The van der Waals surface area contributed by atoms with Crippen LogP contribution in [0.4, 0.5) is 23.5 Å². The van der Waals surface area contributed by atoms with Crippen LogP contribution in [0.25, 0.3) is 0 Å². The van der Waals surface area contributed by atoms with Gasteiger partial charge in [-0.1, -0.05) is 30.3 Å². The number of carbonyl (C=O) groups is 1. The molecule has 40 heavy (non-hydrogen) atoms. The first kappa shape index (κ1) is 30.3. The Labute approximate surface area is 234 Å². The predicted octanol–water partition coefficient (Wildman–Crippen LogP) is 2.48. The molecule has 0 saturated carbocycles. The van der Waals surface area contributed by atoms with E-state index < -0.39 is 0 Å². The monoisotopic (exact) mass is 550 g/mol. The van der Waals surface area contributed by atoms with Crippen LogP contribution >= 0.6 is 0 Å². The molecule has 0 radical (unpaired) electrons. The summed E-state index contributed by atoms with van der Waals surface area (Å²) in [5.74, 6) is 1.89. The predicted molar refractivity (Wildman–Crippen MR) is 156 cm³/mol. The third kappa shape index (κ3) is 11.2. The van der Waals surface area contributed by atoms with Crippen molar-refractivity contribution >= 4 is 29.4 Å². The van der Waals surface area contributed by atoms with Crippen molar-refractivity contribution in [1.29, 1.82) is 0 Å². The highest BCUT2D eigenvalue weighted by Gasteiger charge is 2.08. The third-order valence-corrected chi connectivity index (χ3v) is 5.40. The molecule has 0 atom stereocenters. The highest BCUT2D eigenvalue weighted by Crippen LogP contribution is 2.18. The van der Waals surface area contributed by atoms with Gasteiger partial charge in [0.05, 0.1) is 40.0 Å². The minimum absolute atomic E-state index is 0.0779. The van der Waals surface area contributed by atoms with Gasteiger partial charge < -0.3 is 41.2 Å². The fourth-order valence-electron chi connectivity index (χ4n) is 3.47. The second-order valence-electron chi connectivity index (χ2n) is 8.54. The summed E-state index contributed by atoms with van der Waals surface area (Å²) in [6.07, 6.45) is 1.99. The van der Waals surface area contributed by atoms with Crippen LogP contribution in [0.5, 0.6) is 5.75 Å². The van der Waals surface area contributed by atoms with Crippen molar-refractivity contribution in [3.8, 4) is 5.75 Å². The van der Waals surface area contributed by atoms with Crippen molar-refractivity contribution in [2.24, 2.45) is 5.73 Å². The van der Waals surface area contributed by atoms with E-state index >= 15 is 0 Å². The van der Waals surface area contributed by atoms with Gasteiger partial charge in [0, 0.05) is 31.9 Å². The molecule has 0 aliphatic carbocycles. The maximum absolute atomic E-state index is 12.2. The SMILES string of the molecule is C=CCNc1nc(NCc2cccc(OC)c2)nc(Nc2ccc(CC(=O)NCCOCCOCCN)cc2)n1. The van der Waals surface area contributed by atoms with Crippen LogP contribution in [0.15, 0.2) is 61.2 Å². The van der Waals surface area contributed by atoms with E-state index in [9.17, 15) is 4.79 Å². The number of hydrogen-bond acceptors (Lipinski definition) is 11. The number of anilines is 4. The van der Waals surface area contributed by atoms with Crippen LogP contribution in [-0.2, 0) is 27.2 Å². The maximum Gasteiger partial charge on any atom is 0.233 e. The summed E-state index contributed by atoms with van der Waals surface area (Å²) in [5, 5.41) is 12.4. The first-order valence-electron chi connectivity index (χ1n) is 13.1. The minimum atomic E-state index is -0.0779. The van der Waals surface area contributed by atoms with Gasteiger partial charge in [-0.3, -0.25) is 4.79 Å². The molecular weight excluding hydrogens is 512 g/mol. The molecule has 214 valence electrons. The van der Waals surface area contributed by atoms with Crippen molar-refractivity contribution in [1.82, 2.24) is 20.3 Å². The lowest BCUT2D eigenvalue weighted by Crippen LogP contribution is -2.29. The average molecular weight is 551 g/mol. The van der Waals surface area contributed by atoms with Crippen LogP contribution in [0.2, 0.25) is 0 Å². The number of amides is 1. The highest BCUT2D eigenvalue weighted by atomic mass is 16.5. The molecule has 0 saturated heterocycles. The van der Waals surface area contributed by atoms with Crippen molar-refractivity contribution in [2.75, 3.05) is 69.1 Å². The van der Waals surface area contributed by atoms with Gasteiger partial charge >= 0.3 is 0 Å². The van der Waals surface area contributed by atoms with Gasteiger partial charge in [0.1, 0.15) is 5.75 Å². The second kappa shape index (κ2) is 17.4. The molecule has 6 N–H and O–H groups in total. The molecule has 0 bridgehead atoms. The highest BCUT2D eigenvalue weighted by molar-refractivity contribution is 5.78. The first-order valence-corrected chi connectivity index (χ1v) is 13.1. The van der Waals surface area contributed by atoms with Crippen molar-refractivity contribution in [3.63, 3.8) is 0 Å². The average Bonchev–Trinajstić information content (AvgIpc) is 2.97. The zero-order chi connectivity index (χ0) is 28.4. The lowest BCUT2D eigenvalue weighted by Gasteiger charge is -2.12. The van der Waals surface area contributed by atoms with Crippen molar-refractivity contribution in [3.05, 3.63) is 72.3 Å². The van der Waals surface area contributed by atoms with E-state index in [0.29, 0.717) is 70.5 Å². The summed E-state index contributed by atoms with van der Waals surface area (Å²) in [4.78, 5) is 25.6. The van der Waals surface area contributed by atoms with Crippen LogP contribution in [0, 0.1) is 0 Å². The lowest BCUT2D eigenvalue weighted by molar-refractivity contribution is -0.120. The number of aromatic nitrogens is 3. The molecule has 12 heteroatoms. The van der Waals surface area contributed by atoms with Gasteiger partial charge in [0.25, 0.3) is 0 Å². The topological polar surface area (TPSA) is 158 Å². The molecule has 0 unspecified atom stereocenters. The van der Waals surface area contributed by atoms with E-state index in [2.05, 4.69) is 42.8 Å². The van der Waals surface area contributed by atoms with E-state index in [0.717, 1.165) is 22.6 Å². The molecular formula is C28H38N8O4. The minimum Gasteiger partial charge on any atom is -0.497 e. The molecule has 0 aliphatic rings. The summed E-state index contributed by atoms with van der Waals surface area (Å²) in [6, 6.07) is 15.3. The van der Waals surface area contributed by atoms with Gasteiger partial charge in [-0.05, 0) is 35.4 Å². The molecule has 12 nitrogen and oxygen atoms in total. The van der Waals surface area contributed by atoms with E-state index in [1.807, 2.05) is 48.5 Å².